The first-order valence-electron chi connectivity index (χ1n) is 5.25. The highest BCUT2D eigenvalue weighted by Gasteiger charge is 2.33. The summed E-state index contributed by atoms with van der Waals surface area (Å²) in [4.78, 5) is 8.31. The first kappa shape index (κ1) is 9.47. The van der Waals surface area contributed by atoms with Crippen molar-refractivity contribution in [2.75, 3.05) is 0 Å². The van der Waals surface area contributed by atoms with E-state index in [2.05, 4.69) is 15.1 Å². The third-order valence-electron chi connectivity index (χ3n) is 2.82. The molecule has 0 radical (unpaired) electrons. The lowest BCUT2D eigenvalue weighted by molar-refractivity contribution is 0.0625. The zero-order chi connectivity index (χ0) is 11.0. The number of hydrogen-bond donors (Lipinski definition) is 1. The van der Waals surface area contributed by atoms with E-state index in [4.69, 9.17) is 4.52 Å². The van der Waals surface area contributed by atoms with Crippen LogP contribution in [-0.2, 0) is 0 Å². The van der Waals surface area contributed by atoms with E-state index in [0.717, 1.165) is 5.56 Å². The Kier molecular flexibility index (Phi) is 2.18. The molecule has 1 aliphatic carbocycles. The van der Waals surface area contributed by atoms with E-state index in [1.807, 2.05) is 12.1 Å². The van der Waals surface area contributed by atoms with Gasteiger partial charge in [0, 0.05) is 23.9 Å². The molecule has 0 bridgehead atoms. The van der Waals surface area contributed by atoms with Crippen molar-refractivity contribution < 1.29 is 9.63 Å². The molecule has 0 atom stereocenters. The molecule has 0 unspecified atom stereocenters. The number of pyridine rings is 1. The molecule has 0 spiro atoms. The Labute approximate surface area is 92.1 Å². The Bertz CT molecular complexity index is 477. The maximum atomic E-state index is 9.20. The summed E-state index contributed by atoms with van der Waals surface area (Å²) in [7, 11) is 0. The van der Waals surface area contributed by atoms with Gasteiger partial charge in [0.05, 0.1) is 6.10 Å². The predicted molar refractivity (Wildman–Crippen MR) is 55.5 cm³/mol. The number of nitrogens with zero attached hydrogens (tertiary/aromatic N) is 3. The van der Waals surface area contributed by atoms with Gasteiger partial charge in [-0.05, 0) is 25.0 Å². The lowest BCUT2D eigenvalue weighted by Gasteiger charge is -2.27. The van der Waals surface area contributed by atoms with Gasteiger partial charge in [0.25, 0.3) is 0 Å². The van der Waals surface area contributed by atoms with E-state index < -0.39 is 0 Å². The number of aromatic nitrogens is 3. The van der Waals surface area contributed by atoms with Crippen molar-refractivity contribution in [3.05, 3.63) is 30.4 Å². The molecule has 1 aliphatic rings. The minimum atomic E-state index is -0.209. The second kappa shape index (κ2) is 3.68. The lowest BCUT2D eigenvalue weighted by Crippen LogP contribution is -2.26. The van der Waals surface area contributed by atoms with E-state index >= 15 is 0 Å². The molecule has 0 aromatic carbocycles. The number of aliphatic hydroxyl groups is 1. The zero-order valence-corrected chi connectivity index (χ0v) is 8.58. The summed E-state index contributed by atoms with van der Waals surface area (Å²) in [6, 6.07) is 3.72. The fourth-order valence-corrected chi connectivity index (χ4v) is 1.80. The molecule has 82 valence electrons. The predicted octanol–water partition coefficient (Wildman–Crippen LogP) is 1.37. The Morgan fingerprint density at radius 2 is 2.25 bits per heavy atom. The second-order valence-electron chi connectivity index (χ2n) is 4.02. The first-order chi connectivity index (χ1) is 7.83. The van der Waals surface area contributed by atoms with E-state index in [1.165, 1.54) is 0 Å². The first-order valence-corrected chi connectivity index (χ1v) is 5.25. The Balaban J connectivity index is 1.83. The molecular formula is C11H11N3O2. The molecule has 1 saturated carbocycles. The maximum Gasteiger partial charge on any atom is 0.230 e. The molecule has 3 rings (SSSR count). The van der Waals surface area contributed by atoms with Crippen LogP contribution in [0.3, 0.4) is 0 Å². The molecular weight excluding hydrogens is 206 g/mol. The third kappa shape index (κ3) is 1.59. The zero-order valence-electron chi connectivity index (χ0n) is 8.58. The third-order valence-corrected chi connectivity index (χ3v) is 2.82. The maximum absolute atomic E-state index is 9.20. The van der Waals surface area contributed by atoms with Gasteiger partial charge in [-0.25, -0.2) is 0 Å². The molecule has 1 fully saturated rings. The lowest BCUT2D eigenvalue weighted by atomic mass is 9.82. The monoisotopic (exact) mass is 217 g/mol. The summed E-state index contributed by atoms with van der Waals surface area (Å²) in [5, 5.41) is 13.1. The summed E-state index contributed by atoms with van der Waals surface area (Å²) in [5.74, 6) is 1.39. The Hall–Kier alpha value is -1.75. The van der Waals surface area contributed by atoms with Crippen LogP contribution < -0.4 is 0 Å². The van der Waals surface area contributed by atoms with Crippen LogP contribution in [0.2, 0.25) is 0 Å². The summed E-state index contributed by atoms with van der Waals surface area (Å²) >= 11 is 0. The van der Waals surface area contributed by atoms with Gasteiger partial charge in [-0.15, -0.1) is 0 Å². The standard InChI is InChI=1S/C11H11N3O2/c15-9-4-8(5-9)11-13-10(14-16-11)7-2-1-3-12-6-7/h1-3,6,8-9,15H,4-5H2. The van der Waals surface area contributed by atoms with Crippen LogP contribution in [-0.4, -0.2) is 26.3 Å². The van der Waals surface area contributed by atoms with Crippen molar-refractivity contribution in [2.45, 2.75) is 24.9 Å². The quantitative estimate of drug-likeness (QED) is 0.822. The molecule has 2 heterocycles. The SMILES string of the molecule is OC1CC(c2nc(-c3cccnc3)no2)C1. The fourth-order valence-electron chi connectivity index (χ4n) is 1.80. The van der Waals surface area contributed by atoms with Crippen molar-refractivity contribution >= 4 is 0 Å². The minimum Gasteiger partial charge on any atom is -0.393 e. The Morgan fingerprint density at radius 1 is 1.38 bits per heavy atom. The molecule has 1 N–H and O–H groups in total. The summed E-state index contributed by atoms with van der Waals surface area (Å²) < 4.78 is 5.17. The molecule has 5 nitrogen and oxygen atoms in total. The Morgan fingerprint density at radius 3 is 2.94 bits per heavy atom. The summed E-state index contributed by atoms with van der Waals surface area (Å²) in [6.45, 7) is 0. The van der Waals surface area contributed by atoms with E-state index in [0.29, 0.717) is 24.6 Å². The van der Waals surface area contributed by atoms with E-state index in [9.17, 15) is 5.11 Å². The highest BCUT2D eigenvalue weighted by molar-refractivity contribution is 5.51. The topological polar surface area (TPSA) is 72.0 Å². The van der Waals surface area contributed by atoms with Gasteiger partial charge < -0.3 is 9.63 Å². The van der Waals surface area contributed by atoms with Gasteiger partial charge in [-0.1, -0.05) is 5.16 Å². The molecule has 16 heavy (non-hydrogen) atoms. The van der Waals surface area contributed by atoms with Crippen molar-refractivity contribution in [1.29, 1.82) is 0 Å². The fraction of sp³-hybridized carbons (Fsp3) is 0.364. The van der Waals surface area contributed by atoms with Gasteiger partial charge in [0.1, 0.15) is 0 Å². The molecule has 0 amide bonds. The average molecular weight is 217 g/mol. The van der Waals surface area contributed by atoms with Crippen LogP contribution in [0.1, 0.15) is 24.7 Å². The molecule has 2 aromatic rings. The summed E-state index contributed by atoms with van der Waals surface area (Å²) in [6.07, 6.45) is 4.62. The number of aliphatic hydroxyl groups excluding tert-OH is 1. The number of rotatable bonds is 2. The normalized spacial score (nSPS) is 24.1. The van der Waals surface area contributed by atoms with Crippen LogP contribution in [0.5, 0.6) is 0 Å². The van der Waals surface area contributed by atoms with Crippen LogP contribution in [0, 0.1) is 0 Å². The largest absolute Gasteiger partial charge is 0.393 e. The van der Waals surface area contributed by atoms with E-state index in [-0.39, 0.29) is 12.0 Å². The smallest absolute Gasteiger partial charge is 0.230 e. The highest BCUT2D eigenvalue weighted by Crippen LogP contribution is 2.36. The second-order valence-corrected chi connectivity index (χ2v) is 4.02. The van der Waals surface area contributed by atoms with Gasteiger partial charge in [-0.2, -0.15) is 4.98 Å². The highest BCUT2D eigenvalue weighted by atomic mass is 16.5. The molecule has 2 aromatic heterocycles. The van der Waals surface area contributed by atoms with Gasteiger partial charge in [0.2, 0.25) is 11.7 Å². The molecule has 0 saturated heterocycles. The van der Waals surface area contributed by atoms with E-state index in [1.54, 1.807) is 12.4 Å². The van der Waals surface area contributed by atoms with Crippen molar-refractivity contribution in [2.24, 2.45) is 0 Å². The average Bonchev–Trinajstić information content (AvgIpc) is 2.75. The van der Waals surface area contributed by atoms with Crippen molar-refractivity contribution in [3.8, 4) is 11.4 Å². The van der Waals surface area contributed by atoms with Gasteiger partial charge in [0.15, 0.2) is 0 Å². The molecule has 0 aliphatic heterocycles. The van der Waals surface area contributed by atoms with Crippen LogP contribution in [0.15, 0.2) is 29.0 Å². The van der Waals surface area contributed by atoms with Crippen LogP contribution >= 0.6 is 0 Å². The summed E-state index contributed by atoms with van der Waals surface area (Å²) in [5.41, 5.74) is 0.845. The number of hydrogen-bond acceptors (Lipinski definition) is 5. The van der Waals surface area contributed by atoms with Crippen molar-refractivity contribution in [1.82, 2.24) is 15.1 Å². The minimum absolute atomic E-state index is 0.209. The van der Waals surface area contributed by atoms with Gasteiger partial charge >= 0.3 is 0 Å². The van der Waals surface area contributed by atoms with Crippen molar-refractivity contribution in [3.63, 3.8) is 0 Å². The van der Waals surface area contributed by atoms with Crippen LogP contribution in [0.4, 0.5) is 0 Å². The molecule has 5 heteroatoms. The van der Waals surface area contributed by atoms with Crippen LogP contribution in [0.25, 0.3) is 11.4 Å². The van der Waals surface area contributed by atoms with Gasteiger partial charge in [-0.3, -0.25) is 4.98 Å².